The molecule has 0 amide bonds. The normalized spacial score (nSPS) is 20.8. The van der Waals surface area contributed by atoms with Gasteiger partial charge in [-0.25, -0.2) is 9.78 Å². The number of hydrogen-bond donors (Lipinski definition) is 1. The molecular weight excluding hydrogens is 300 g/mol. The number of carbonyl (C=O) groups excluding carboxylic acids is 1. The summed E-state index contributed by atoms with van der Waals surface area (Å²) in [7, 11) is 0. The number of carbonyl (C=O) groups is 1. The minimum atomic E-state index is -0.240. The molecule has 24 heavy (non-hydrogen) atoms. The number of benzene rings is 1. The van der Waals surface area contributed by atoms with E-state index < -0.39 is 0 Å². The molecule has 124 valence electrons. The van der Waals surface area contributed by atoms with Gasteiger partial charge in [0.15, 0.2) is 0 Å². The highest BCUT2D eigenvalue weighted by Gasteiger charge is 2.42. The summed E-state index contributed by atoms with van der Waals surface area (Å²) in [5, 5.41) is 3.46. The van der Waals surface area contributed by atoms with Crippen molar-refractivity contribution in [3.05, 3.63) is 52.7 Å². The van der Waals surface area contributed by atoms with Crippen LogP contribution in [0.3, 0.4) is 0 Å². The lowest BCUT2D eigenvalue weighted by atomic mass is 9.89. The zero-order valence-corrected chi connectivity index (χ0v) is 14.1. The van der Waals surface area contributed by atoms with Gasteiger partial charge in [0.2, 0.25) is 0 Å². The zero-order chi connectivity index (χ0) is 16.7. The second-order valence-corrected chi connectivity index (χ2v) is 6.77. The second-order valence-electron chi connectivity index (χ2n) is 6.77. The van der Waals surface area contributed by atoms with Gasteiger partial charge in [-0.05, 0) is 68.2 Å². The lowest BCUT2D eigenvalue weighted by Gasteiger charge is -2.21. The summed E-state index contributed by atoms with van der Waals surface area (Å²) in [6, 6.07) is 8.28. The fraction of sp³-hybridized carbons (Fsp3) is 0.400. The third-order valence-corrected chi connectivity index (χ3v) is 5.18. The first-order valence-electron chi connectivity index (χ1n) is 8.71. The molecule has 0 aliphatic heterocycles. The first-order chi connectivity index (χ1) is 11.7. The highest BCUT2D eigenvalue weighted by molar-refractivity contribution is 5.92. The Morgan fingerprint density at radius 3 is 2.83 bits per heavy atom. The molecule has 2 aliphatic rings. The maximum absolute atomic E-state index is 12.3. The Hall–Kier alpha value is -2.36. The van der Waals surface area contributed by atoms with Crippen LogP contribution in [-0.4, -0.2) is 17.6 Å². The molecule has 1 aromatic carbocycles. The van der Waals surface area contributed by atoms with Gasteiger partial charge in [-0.1, -0.05) is 12.1 Å². The van der Waals surface area contributed by atoms with Gasteiger partial charge in [0, 0.05) is 17.4 Å². The van der Waals surface area contributed by atoms with Crippen LogP contribution in [0, 0.1) is 6.92 Å². The van der Waals surface area contributed by atoms with Gasteiger partial charge in [-0.15, -0.1) is 0 Å². The molecule has 1 aromatic heterocycles. The number of anilines is 2. The van der Waals surface area contributed by atoms with Crippen LogP contribution in [0.4, 0.5) is 11.5 Å². The van der Waals surface area contributed by atoms with E-state index in [1.54, 1.807) is 6.20 Å². The van der Waals surface area contributed by atoms with Crippen molar-refractivity contribution in [3.8, 4) is 0 Å². The SMILES string of the molecule is CCOC(=O)c1cnc(Nc2cccc(C)c2)c2c1C1CCC2C1. The lowest BCUT2D eigenvalue weighted by molar-refractivity contribution is 0.0524. The maximum Gasteiger partial charge on any atom is 0.339 e. The number of fused-ring (bicyclic) bond motifs is 5. The van der Waals surface area contributed by atoms with E-state index in [0.717, 1.165) is 24.3 Å². The van der Waals surface area contributed by atoms with Crippen molar-refractivity contribution in [1.82, 2.24) is 4.98 Å². The summed E-state index contributed by atoms with van der Waals surface area (Å²) in [5.41, 5.74) is 5.32. The summed E-state index contributed by atoms with van der Waals surface area (Å²) in [4.78, 5) is 16.9. The Morgan fingerprint density at radius 2 is 2.08 bits per heavy atom. The molecule has 0 saturated heterocycles. The largest absolute Gasteiger partial charge is 0.462 e. The van der Waals surface area contributed by atoms with Crippen LogP contribution in [0.15, 0.2) is 30.5 Å². The van der Waals surface area contributed by atoms with Crippen molar-refractivity contribution in [2.24, 2.45) is 0 Å². The minimum Gasteiger partial charge on any atom is -0.462 e. The Bertz CT molecular complexity index is 800. The predicted octanol–water partition coefficient (Wildman–Crippen LogP) is 4.68. The quantitative estimate of drug-likeness (QED) is 0.831. The third-order valence-electron chi connectivity index (χ3n) is 5.18. The molecule has 2 bridgehead atoms. The van der Waals surface area contributed by atoms with Crippen LogP contribution in [0.1, 0.15) is 65.1 Å². The van der Waals surface area contributed by atoms with E-state index in [1.165, 1.54) is 23.1 Å². The van der Waals surface area contributed by atoms with E-state index in [0.29, 0.717) is 24.0 Å². The standard InChI is InChI=1S/C20H22N2O2/c1-3-24-20(23)16-11-21-19(22-15-6-4-5-12(2)9-15)18-14-8-7-13(10-14)17(16)18/h4-6,9,11,13-14H,3,7-8,10H2,1-2H3,(H,21,22). The van der Waals surface area contributed by atoms with Gasteiger partial charge < -0.3 is 10.1 Å². The molecule has 4 rings (SSSR count). The number of nitrogens with one attached hydrogen (secondary N) is 1. The summed E-state index contributed by atoms with van der Waals surface area (Å²) in [6.45, 7) is 4.31. The van der Waals surface area contributed by atoms with Gasteiger partial charge in [-0.3, -0.25) is 0 Å². The topological polar surface area (TPSA) is 51.2 Å². The highest BCUT2D eigenvalue weighted by atomic mass is 16.5. The van der Waals surface area contributed by atoms with E-state index in [4.69, 9.17) is 4.74 Å². The summed E-state index contributed by atoms with van der Waals surface area (Å²) < 4.78 is 5.24. The molecule has 0 spiro atoms. The van der Waals surface area contributed by atoms with Crippen LogP contribution in [0.5, 0.6) is 0 Å². The van der Waals surface area contributed by atoms with Crippen LogP contribution < -0.4 is 5.32 Å². The molecular formula is C20H22N2O2. The second kappa shape index (κ2) is 5.93. The van der Waals surface area contributed by atoms with Crippen LogP contribution >= 0.6 is 0 Å². The Balaban J connectivity index is 1.76. The molecule has 1 fully saturated rings. The molecule has 4 nitrogen and oxygen atoms in total. The number of pyridine rings is 1. The summed E-state index contributed by atoms with van der Waals surface area (Å²) >= 11 is 0. The fourth-order valence-electron chi connectivity index (χ4n) is 4.23. The lowest BCUT2D eigenvalue weighted by Crippen LogP contribution is -2.14. The first kappa shape index (κ1) is 15.2. The van der Waals surface area contributed by atoms with E-state index in [-0.39, 0.29) is 5.97 Å². The molecule has 1 N–H and O–H groups in total. The van der Waals surface area contributed by atoms with Crippen molar-refractivity contribution in [3.63, 3.8) is 0 Å². The third kappa shape index (κ3) is 2.46. The number of nitrogens with zero attached hydrogens (tertiary/aromatic N) is 1. The van der Waals surface area contributed by atoms with E-state index in [2.05, 4.69) is 29.4 Å². The monoisotopic (exact) mass is 322 g/mol. The van der Waals surface area contributed by atoms with Crippen molar-refractivity contribution in [2.75, 3.05) is 11.9 Å². The van der Waals surface area contributed by atoms with Crippen molar-refractivity contribution >= 4 is 17.5 Å². The van der Waals surface area contributed by atoms with Crippen LogP contribution in [-0.2, 0) is 4.74 Å². The molecule has 2 aliphatic carbocycles. The Labute approximate surface area is 142 Å². The molecule has 1 heterocycles. The number of rotatable bonds is 4. The summed E-state index contributed by atoms with van der Waals surface area (Å²) in [5.74, 6) is 1.65. The van der Waals surface area contributed by atoms with E-state index in [1.807, 2.05) is 19.1 Å². The van der Waals surface area contributed by atoms with E-state index >= 15 is 0 Å². The van der Waals surface area contributed by atoms with Crippen molar-refractivity contribution in [1.29, 1.82) is 0 Å². The number of ether oxygens (including phenoxy) is 1. The Kier molecular flexibility index (Phi) is 3.75. The van der Waals surface area contributed by atoms with Gasteiger partial charge in [0.05, 0.1) is 12.2 Å². The maximum atomic E-state index is 12.3. The molecule has 4 heteroatoms. The van der Waals surface area contributed by atoms with Crippen molar-refractivity contribution < 1.29 is 9.53 Å². The zero-order valence-electron chi connectivity index (χ0n) is 14.1. The van der Waals surface area contributed by atoms with Gasteiger partial charge in [0.25, 0.3) is 0 Å². The van der Waals surface area contributed by atoms with E-state index in [9.17, 15) is 4.79 Å². The van der Waals surface area contributed by atoms with Crippen LogP contribution in [0.2, 0.25) is 0 Å². The fourth-order valence-corrected chi connectivity index (χ4v) is 4.23. The average molecular weight is 322 g/mol. The highest BCUT2D eigenvalue weighted by Crippen LogP contribution is 2.56. The molecule has 2 atom stereocenters. The predicted molar refractivity (Wildman–Crippen MR) is 94.0 cm³/mol. The first-order valence-corrected chi connectivity index (χ1v) is 8.71. The number of esters is 1. The van der Waals surface area contributed by atoms with Crippen LogP contribution in [0.25, 0.3) is 0 Å². The Morgan fingerprint density at radius 1 is 1.29 bits per heavy atom. The minimum absolute atomic E-state index is 0.240. The van der Waals surface area contributed by atoms with Crippen molar-refractivity contribution in [2.45, 2.75) is 44.9 Å². The van der Waals surface area contributed by atoms with Gasteiger partial charge in [0.1, 0.15) is 5.82 Å². The molecule has 2 unspecified atom stereocenters. The van der Waals surface area contributed by atoms with Gasteiger partial charge >= 0.3 is 5.97 Å². The number of hydrogen-bond acceptors (Lipinski definition) is 4. The molecule has 0 radical (unpaired) electrons. The molecule has 1 saturated carbocycles. The van der Waals surface area contributed by atoms with Gasteiger partial charge in [-0.2, -0.15) is 0 Å². The number of aromatic nitrogens is 1. The average Bonchev–Trinajstić information content (AvgIpc) is 3.17. The smallest absolute Gasteiger partial charge is 0.339 e. The number of aryl methyl sites for hydroxylation is 1. The summed E-state index contributed by atoms with van der Waals surface area (Å²) in [6.07, 6.45) is 5.18. The molecule has 2 aromatic rings.